The van der Waals surface area contributed by atoms with Gasteiger partial charge in [-0.1, -0.05) is 0 Å². The summed E-state index contributed by atoms with van der Waals surface area (Å²) in [5.74, 6) is 0.715. The molecule has 0 spiro atoms. The summed E-state index contributed by atoms with van der Waals surface area (Å²) in [6.07, 6.45) is 0. The molecule has 0 saturated carbocycles. The van der Waals surface area contributed by atoms with Gasteiger partial charge < -0.3 is 28.6 Å². The number of carbonyl (C=O) groups is 1. The molecule has 162 valence electrons. The molecule has 2 rings (SSSR count). The highest BCUT2D eigenvalue weighted by Gasteiger charge is 2.33. The molecule has 10 heteroatoms. The van der Waals surface area contributed by atoms with Crippen LogP contribution in [0.3, 0.4) is 0 Å². The van der Waals surface area contributed by atoms with Gasteiger partial charge in [-0.15, -0.1) is 0 Å². The summed E-state index contributed by atoms with van der Waals surface area (Å²) in [6, 6.07) is 8.25. The number of rotatable bonds is 10. The highest BCUT2D eigenvalue weighted by molar-refractivity contribution is 6.00. The molecule has 0 saturated heterocycles. The fourth-order valence-electron chi connectivity index (χ4n) is 2.76. The maximum Gasteiger partial charge on any atom is 0.327 e. The van der Waals surface area contributed by atoms with E-state index in [0.29, 0.717) is 11.5 Å². The van der Waals surface area contributed by atoms with Gasteiger partial charge in [-0.05, 0) is 24.3 Å². The molecular weight excluding hydrogens is 396 g/mol. The molecule has 0 heterocycles. The molecule has 0 N–H and O–H groups in total. The van der Waals surface area contributed by atoms with Gasteiger partial charge in [0.25, 0.3) is 5.91 Å². The molecule has 2 aromatic rings. The third kappa shape index (κ3) is 4.83. The number of carbonyl (C=O) groups excluding carboxylic acids is 1. The molecule has 0 unspecified atom stereocenters. The van der Waals surface area contributed by atoms with Crippen LogP contribution in [-0.4, -0.2) is 64.4 Å². The summed E-state index contributed by atoms with van der Waals surface area (Å²) >= 11 is 0. The van der Waals surface area contributed by atoms with Crippen molar-refractivity contribution in [2.45, 2.75) is 0 Å². The molecule has 0 aromatic heterocycles. The molecule has 0 aliphatic carbocycles. The highest BCUT2D eigenvalue weighted by atomic mass is 16.6. The number of nitro groups is 1. The van der Waals surface area contributed by atoms with E-state index in [9.17, 15) is 14.9 Å². The van der Waals surface area contributed by atoms with Gasteiger partial charge in [0.15, 0.2) is 5.75 Å². The van der Waals surface area contributed by atoms with Crippen molar-refractivity contribution in [3.8, 4) is 28.7 Å². The van der Waals surface area contributed by atoms with Gasteiger partial charge in [-0.25, -0.2) is 0 Å². The van der Waals surface area contributed by atoms with Gasteiger partial charge in [0.05, 0.1) is 39.9 Å². The van der Waals surface area contributed by atoms with Crippen molar-refractivity contribution >= 4 is 11.6 Å². The Bertz CT molecular complexity index is 899. The zero-order valence-electron chi connectivity index (χ0n) is 17.5. The number of amides is 1. The van der Waals surface area contributed by atoms with E-state index in [0.717, 1.165) is 0 Å². The maximum absolute atomic E-state index is 12.9. The lowest BCUT2D eigenvalue weighted by Gasteiger charge is -2.20. The summed E-state index contributed by atoms with van der Waals surface area (Å²) in [5.41, 5.74) is -0.676. The first kappa shape index (κ1) is 22.6. The van der Waals surface area contributed by atoms with Crippen LogP contribution >= 0.6 is 0 Å². The molecule has 0 aliphatic rings. The van der Waals surface area contributed by atoms with Crippen LogP contribution in [0.15, 0.2) is 30.3 Å². The first-order chi connectivity index (χ1) is 14.4. The van der Waals surface area contributed by atoms with E-state index in [4.69, 9.17) is 23.7 Å². The van der Waals surface area contributed by atoms with Gasteiger partial charge >= 0.3 is 5.69 Å². The second-order valence-electron chi connectivity index (χ2n) is 6.05. The van der Waals surface area contributed by atoms with Crippen molar-refractivity contribution in [1.29, 1.82) is 0 Å². The van der Waals surface area contributed by atoms with E-state index in [-0.39, 0.29) is 36.0 Å². The zero-order chi connectivity index (χ0) is 22.3. The topological polar surface area (TPSA) is 110 Å². The fourth-order valence-corrected chi connectivity index (χ4v) is 2.76. The Hall–Kier alpha value is -3.69. The Morgan fingerprint density at radius 3 is 2.07 bits per heavy atom. The average Bonchev–Trinajstić information content (AvgIpc) is 2.76. The van der Waals surface area contributed by atoms with E-state index < -0.39 is 16.5 Å². The van der Waals surface area contributed by atoms with Crippen molar-refractivity contribution in [2.24, 2.45) is 0 Å². The van der Waals surface area contributed by atoms with Gasteiger partial charge in [0.1, 0.15) is 23.7 Å². The molecule has 0 radical (unpaired) electrons. The molecule has 1 amide bonds. The first-order valence-electron chi connectivity index (χ1n) is 8.87. The van der Waals surface area contributed by atoms with Gasteiger partial charge in [0.2, 0.25) is 11.5 Å². The molecule has 0 fully saturated rings. The van der Waals surface area contributed by atoms with Crippen LogP contribution in [0.1, 0.15) is 10.4 Å². The van der Waals surface area contributed by atoms with Crippen LogP contribution in [0.2, 0.25) is 0 Å². The highest BCUT2D eigenvalue weighted by Crippen LogP contribution is 2.46. The largest absolute Gasteiger partial charge is 0.497 e. The van der Waals surface area contributed by atoms with Gasteiger partial charge in [-0.3, -0.25) is 14.9 Å². The predicted molar refractivity (Wildman–Crippen MR) is 108 cm³/mol. The Morgan fingerprint density at radius 2 is 1.57 bits per heavy atom. The van der Waals surface area contributed by atoms with Crippen molar-refractivity contribution in [3.63, 3.8) is 0 Å². The molecule has 0 atom stereocenters. The maximum atomic E-state index is 12.9. The van der Waals surface area contributed by atoms with E-state index in [2.05, 4.69) is 0 Å². The van der Waals surface area contributed by atoms with Gasteiger partial charge in [0, 0.05) is 13.1 Å². The molecule has 2 aromatic carbocycles. The third-order valence-electron chi connectivity index (χ3n) is 4.32. The number of nitro benzene ring substituents is 1. The summed E-state index contributed by atoms with van der Waals surface area (Å²) in [7, 11) is 7.04. The van der Waals surface area contributed by atoms with E-state index in [1.54, 1.807) is 31.4 Å². The van der Waals surface area contributed by atoms with E-state index in [1.165, 1.54) is 39.3 Å². The van der Waals surface area contributed by atoms with Crippen LogP contribution in [-0.2, 0) is 0 Å². The Labute approximate surface area is 174 Å². The van der Waals surface area contributed by atoms with Gasteiger partial charge in [-0.2, -0.15) is 0 Å². The molecular formula is C20H24N2O8. The minimum absolute atomic E-state index is 0.0359. The Balaban J connectivity index is 2.22. The summed E-state index contributed by atoms with van der Waals surface area (Å²) in [5, 5.41) is 11.7. The number of hydrogen-bond acceptors (Lipinski definition) is 8. The zero-order valence-corrected chi connectivity index (χ0v) is 17.5. The number of nitrogens with zero attached hydrogens (tertiary/aromatic N) is 2. The Kier molecular flexibility index (Phi) is 7.68. The van der Waals surface area contributed by atoms with Crippen molar-refractivity contribution in [2.75, 3.05) is 48.6 Å². The smallest absolute Gasteiger partial charge is 0.327 e. The summed E-state index contributed by atoms with van der Waals surface area (Å²) in [6.45, 7) is 0.380. The molecule has 10 nitrogen and oxygen atoms in total. The predicted octanol–water partition coefficient (Wildman–Crippen LogP) is 2.78. The second-order valence-corrected chi connectivity index (χ2v) is 6.05. The number of ether oxygens (including phenoxy) is 5. The minimum Gasteiger partial charge on any atom is -0.497 e. The van der Waals surface area contributed by atoms with Crippen LogP contribution in [0.25, 0.3) is 0 Å². The molecule has 30 heavy (non-hydrogen) atoms. The first-order valence-corrected chi connectivity index (χ1v) is 8.87. The Morgan fingerprint density at radius 1 is 0.967 bits per heavy atom. The van der Waals surface area contributed by atoms with Crippen molar-refractivity contribution in [3.05, 3.63) is 46.0 Å². The SMILES string of the molecule is COc1ccc(OCCN(C)C(=O)c2cc(OC)c(OC)c(OC)c2[N+](=O)[O-])cc1. The average molecular weight is 420 g/mol. The van der Waals surface area contributed by atoms with E-state index >= 15 is 0 Å². The minimum atomic E-state index is -0.685. The quantitative estimate of drug-likeness (QED) is 0.426. The summed E-state index contributed by atoms with van der Waals surface area (Å²) < 4.78 is 26.2. The lowest BCUT2D eigenvalue weighted by Crippen LogP contribution is -2.31. The lowest BCUT2D eigenvalue weighted by molar-refractivity contribution is -0.386. The standard InChI is InChI=1S/C20H24N2O8/c1-21(10-11-30-14-8-6-13(26-2)7-9-14)20(23)15-12-16(27-3)18(28-4)19(29-5)17(15)22(24)25/h6-9,12H,10-11H2,1-5H3. The van der Waals surface area contributed by atoms with E-state index in [1.807, 2.05) is 0 Å². The van der Waals surface area contributed by atoms with Crippen LogP contribution < -0.4 is 23.7 Å². The monoisotopic (exact) mass is 420 g/mol. The summed E-state index contributed by atoms with van der Waals surface area (Å²) in [4.78, 5) is 25.2. The third-order valence-corrected chi connectivity index (χ3v) is 4.32. The lowest BCUT2D eigenvalue weighted by atomic mass is 10.1. The normalized spacial score (nSPS) is 10.2. The number of hydrogen-bond donors (Lipinski definition) is 0. The van der Waals surface area contributed by atoms with Crippen LogP contribution in [0, 0.1) is 10.1 Å². The number of benzene rings is 2. The fraction of sp³-hybridized carbons (Fsp3) is 0.350. The molecule has 0 aliphatic heterocycles. The molecule has 0 bridgehead atoms. The number of methoxy groups -OCH3 is 4. The van der Waals surface area contributed by atoms with Crippen molar-refractivity contribution in [1.82, 2.24) is 4.90 Å². The second kappa shape index (κ2) is 10.2. The van der Waals surface area contributed by atoms with Crippen molar-refractivity contribution < 1.29 is 33.4 Å². The van der Waals surface area contributed by atoms with Crippen LogP contribution in [0.5, 0.6) is 28.7 Å². The van der Waals surface area contributed by atoms with Crippen LogP contribution in [0.4, 0.5) is 5.69 Å². The number of likely N-dealkylation sites (N-methyl/N-ethyl adjacent to an activating group) is 1.